The molecule has 1 saturated heterocycles. The van der Waals surface area contributed by atoms with Crippen molar-refractivity contribution >= 4 is 57.3 Å². The molecule has 0 radical (unpaired) electrons. The van der Waals surface area contributed by atoms with Crippen molar-refractivity contribution in [2.45, 2.75) is 138 Å². The molecule has 3 aliphatic carbocycles. The highest BCUT2D eigenvalue weighted by molar-refractivity contribution is 7.91. The number of aromatic nitrogens is 2. The van der Waals surface area contributed by atoms with Crippen LogP contribution in [0.3, 0.4) is 0 Å². The first-order valence-electron chi connectivity index (χ1n) is 21.8. The van der Waals surface area contributed by atoms with Crippen LogP contribution < -0.4 is 20.7 Å². The van der Waals surface area contributed by atoms with Crippen LogP contribution in [0.1, 0.15) is 112 Å². The summed E-state index contributed by atoms with van der Waals surface area (Å²) in [7, 11) is -3.95. The van der Waals surface area contributed by atoms with E-state index in [2.05, 4.69) is 30.6 Å². The van der Waals surface area contributed by atoms with Gasteiger partial charge in [0.25, 0.3) is 11.8 Å². The van der Waals surface area contributed by atoms with E-state index in [1.165, 1.54) is 28.4 Å². The van der Waals surface area contributed by atoms with Crippen molar-refractivity contribution in [3.8, 4) is 0 Å². The Morgan fingerprint density at radius 1 is 0.968 bits per heavy atom. The Hall–Kier alpha value is -5.10. The molecule has 6 atom stereocenters. The molecule has 0 bridgehead atoms. The molecule has 8 rings (SSSR count). The van der Waals surface area contributed by atoms with Gasteiger partial charge in [0.05, 0.1) is 24.5 Å². The molecule has 4 N–H and O–H groups in total. The van der Waals surface area contributed by atoms with Crippen LogP contribution >= 0.6 is 11.6 Å². The largest absolute Gasteiger partial charge is 0.444 e. The second-order valence-corrected chi connectivity index (χ2v) is 19.9. The molecule has 17 nitrogen and oxygen atoms in total. The molecular formula is C43H53ClN8O9S. The van der Waals surface area contributed by atoms with Crippen molar-refractivity contribution in [1.82, 2.24) is 40.4 Å². The van der Waals surface area contributed by atoms with Crippen LogP contribution in [0.25, 0.3) is 0 Å². The molecule has 332 valence electrons. The molecule has 0 unspecified atom stereocenters. The van der Waals surface area contributed by atoms with Gasteiger partial charge in [0.2, 0.25) is 27.7 Å². The topological polar surface area (TPSA) is 226 Å². The number of rotatable bonds is 9. The number of ether oxygens (including phenoxy) is 1. The molecule has 6 aliphatic rings. The van der Waals surface area contributed by atoms with Crippen LogP contribution in [0, 0.1) is 11.8 Å². The van der Waals surface area contributed by atoms with Crippen molar-refractivity contribution in [2.75, 3.05) is 6.54 Å². The average Bonchev–Trinajstić information content (AvgIpc) is 4.15. The Balaban J connectivity index is 1.06. The maximum atomic E-state index is 14.9. The highest BCUT2D eigenvalue weighted by Crippen LogP contribution is 2.46. The number of fused-ring (bicyclic) bond motifs is 3. The Morgan fingerprint density at radius 2 is 1.74 bits per heavy atom. The predicted molar refractivity (Wildman–Crippen MR) is 224 cm³/mol. The van der Waals surface area contributed by atoms with Gasteiger partial charge >= 0.3 is 6.09 Å². The summed E-state index contributed by atoms with van der Waals surface area (Å²) in [6, 6.07) is 2.05. The number of hydrogen-bond donors (Lipinski definition) is 4. The summed E-state index contributed by atoms with van der Waals surface area (Å²) in [6.07, 6.45) is 14.1. The van der Waals surface area contributed by atoms with Gasteiger partial charge in [-0.15, -0.1) is 0 Å². The number of nitrogens with zero attached hydrogens (tertiary/aromatic N) is 4. The summed E-state index contributed by atoms with van der Waals surface area (Å²) in [5, 5.41) is 8.52. The average molecular weight is 893 g/mol. The minimum absolute atomic E-state index is 0.0436. The fourth-order valence-electron chi connectivity index (χ4n) is 9.33. The summed E-state index contributed by atoms with van der Waals surface area (Å²) in [6.45, 7) is 0.283. The van der Waals surface area contributed by atoms with Gasteiger partial charge in [-0.2, -0.15) is 0 Å². The lowest BCUT2D eigenvalue weighted by Gasteiger charge is -2.33. The molecule has 3 aliphatic heterocycles. The van der Waals surface area contributed by atoms with E-state index >= 15 is 0 Å². The minimum Gasteiger partial charge on any atom is -0.444 e. The summed E-state index contributed by atoms with van der Waals surface area (Å²) >= 11 is 6.41. The molecule has 19 heteroatoms. The smallest absolute Gasteiger partial charge is 0.410 e. The van der Waals surface area contributed by atoms with Crippen molar-refractivity contribution < 1.29 is 41.9 Å². The van der Waals surface area contributed by atoms with Gasteiger partial charge < -0.3 is 25.6 Å². The molecule has 1 aromatic carbocycles. The van der Waals surface area contributed by atoms with E-state index < -0.39 is 86.6 Å². The lowest BCUT2D eigenvalue weighted by Crippen LogP contribution is -2.60. The second kappa shape index (κ2) is 18.3. The third-order valence-corrected chi connectivity index (χ3v) is 15.3. The highest BCUT2D eigenvalue weighted by Gasteiger charge is 2.62. The van der Waals surface area contributed by atoms with Gasteiger partial charge in [-0.1, -0.05) is 68.0 Å². The maximum Gasteiger partial charge on any atom is 0.410 e. The number of benzene rings is 1. The third-order valence-electron chi connectivity index (χ3n) is 13.1. The molecule has 1 aromatic heterocycles. The Bertz CT molecular complexity index is 2220. The van der Waals surface area contributed by atoms with E-state index in [1.807, 2.05) is 18.2 Å². The maximum absolute atomic E-state index is 14.9. The zero-order valence-electron chi connectivity index (χ0n) is 34.4. The third kappa shape index (κ3) is 9.60. The molecule has 2 aromatic rings. The number of nitrogens with one attached hydrogen (secondary N) is 4. The van der Waals surface area contributed by atoms with Crippen LogP contribution in [0.15, 0.2) is 48.9 Å². The first-order chi connectivity index (χ1) is 29.8. The molecule has 62 heavy (non-hydrogen) atoms. The summed E-state index contributed by atoms with van der Waals surface area (Å²) < 4.78 is 34.0. The lowest BCUT2D eigenvalue weighted by atomic mass is 9.83. The zero-order chi connectivity index (χ0) is 43.6. The monoisotopic (exact) mass is 892 g/mol. The SMILES string of the molecule is O=C(N[C@H](C(=O)N[C@H]1CCCCC/C=C\[C@@H]2C[C@@]2(C(=O)NS(=O)(=O)C2CC2)NC(=O)[C@@H]2C[C@@H](OC(=O)N3Cc4cccc(Cl)c4C3)CN2C1=O)C1CCCCC1)c1cnccn1. The van der Waals surface area contributed by atoms with Gasteiger partial charge in [0.1, 0.15) is 35.5 Å². The van der Waals surface area contributed by atoms with Gasteiger partial charge in [-0.05, 0) is 74.5 Å². The predicted octanol–water partition coefficient (Wildman–Crippen LogP) is 3.42. The number of carbonyl (C=O) groups excluding carboxylic acids is 6. The zero-order valence-corrected chi connectivity index (χ0v) is 36.0. The lowest BCUT2D eigenvalue weighted by molar-refractivity contribution is -0.143. The van der Waals surface area contributed by atoms with E-state index in [-0.39, 0.29) is 50.5 Å². The number of halogens is 1. The summed E-state index contributed by atoms with van der Waals surface area (Å²) in [5.41, 5.74) is 0.142. The number of amides is 6. The first kappa shape index (κ1) is 43.5. The number of hydrogen-bond acceptors (Lipinski definition) is 11. The number of sulfonamides is 1. The van der Waals surface area contributed by atoms with Crippen LogP contribution in [0.5, 0.6) is 0 Å². The van der Waals surface area contributed by atoms with Crippen molar-refractivity contribution in [3.63, 3.8) is 0 Å². The standard InChI is InChI=1S/C43H53ClN8O9S/c44-32-14-9-12-27-23-51(25-31(27)32)42(58)61-29-20-35-38(54)49-43(41(57)50-62(59,60)30-16-17-30)21-28(43)13-7-2-1-3-8-15-33(40(56)52(35)24-29)47-39(55)36(26-10-5-4-6-11-26)48-37(53)34-22-45-18-19-46-34/h7,9,12-14,18-19,22,26,28-30,33,35-36H,1-6,8,10-11,15-17,20-21,23-25H2,(H,47,55)(H,48,53)(H,49,54)(H,50,57)/b13-7-/t28-,29-,33+,35+,36+,43-/m1/s1. The molecular weight excluding hydrogens is 840 g/mol. The fourth-order valence-corrected chi connectivity index (χ4v) is 11.0. The van der Waals surface area contributed by atoms with Crippen molar-refractivity contribution in [1.29, 1.82) is 0 Å². The van der Waals surface area contributed by atoms with E-state index in [4.69, 9.17) is 16.3 Å². The summed E-state index contributed by atoms with van der Waals surface area (Å²) in [5.74, 6) is -3.96. The van der Waals surface area contributed by atoms with Gasteiger partial charge in [0, 0.05) is 36.3 Å². The Kier molecular flexibility index (Phi) is 12.9. The highest BCUT2D eigenvalue weighted by atomic mass is 35.5. The van der Waals surface area contributed by atoms with Crippen molar-refractivity contribution in [3.05, 3.63) is 70.8 Å². The second-order valence-electron chi connectivity index (χ2n) is 17.5. The van der Waals surface area contributed by atoms with Crippen LogP contribution in [-0.2, 0) is 47.0 Å². The van der Waals surface area contributed by atoms with Gasteiger partial charge in [0.15, 0.2) is 0 Å². The first-order valence-corrected chi connectivity index (χ1v) is 23.7. The minimum atomic E-state index is -3.95. The Labute approximate surface area is 365 Å². The van der Waals surface area contributed by atoms with Gasteiger partial charge in [-0.3, -0.25) is 38.6 Å². The van der Waals surface area contributed by atoms with E-state index in [0.29, 0.717) is 50.0 Å². The Morgan fingerprint density at radius 3 is 2.48 bits per heavy atom. The van der Waals surface area contributed by atoms with E-state index in [0.717, 1.165) is 36.8 Å². The van der Waals surface area contributed by atoms with Crippen molar-refractivity contribution in [2.24, 2.45) is 11.8 Å². The molecule has 0 spiro atoms. The number of allylic oxidation sites excluding steroid dienone is 1. The fraction of sp³-hybridized carbons (Fsp3) is 0.581. The molecule has 4 heterocycles. The van der Waals surface area contributed by atoms with Crippen LogP contribution in [0.4, 0.5) is 4.79 Å². The number of carbonyl (C=O) groups is 6. The molecule has 4 fully saturated rings. The van der Waals surface area contributed by atoms with Crippen LogP contribution in [-0.4, -0.2) is 105 Å². The quantitative estimate of drug-likeness (QED) is 0.267. The van der Waals surface area contributed by atoms with E-state index in [9.17, 15) is 37.2 Å². The molecule has 6 amide bonds. The van der Waals surface area contributed by atoms with Crippen LogP contribution in [0.2, 0.25) is 5.02 Å². The van der Waals surface area contributed by atoms with Gasteiger partial charge in [-0.25, -0.2) is 18.2 Å². The normalized spacial score (nSPS) is 27.8. The molecule has 3 saturated carbocycles. The summed E-state index contributed by atoms with van der Waals surface area (Å²) in [4.78, 5) is 95.6. The van der Waals surface area contributed by atoms with E-state index in [1.54, 1.807) is 12.1 Å².